The molecule has 126 valence electrons. The summed E-state index contributed by atoms with van der Waals surface area (Å²) in [5.41, 5.74) is 2.56. The molecule has 0 radical (unpaired) electrons. The second kappa shape index (κ2) is 9.49. The number of halogens is 1. The van der Waals surface area contributed by atoms with Crippen molar-refractivity contribution in [2.45, 2.75) is 33.9 Å². The number of benzene rings is 1. The molecule has 0 saturated carbocycles. The van der Waals surface area contributed by atoms with E-state index in [0.29, 0.717) is 18.3 Å². The quantitative estimate of drug-likeness (QED) is 0.450. The number of hydrogen-bond donors (Lipinski definition) is 1. The fraction of sp³-hybridized carbons (Fsp3) is 0.438. The fourth-order valence-electron chi connectivity index (χ4n) is 2.13. The summed E-state index contributed by atoms with van der Waals surface area (Å²) in [5.74, 6) is 1.97. The van der Waals surface area contributed by atoms with Crippen molar-refractivity contribution >= 4 is 29.9 Å². The van der Waals surface area contributed by atoms with Gasteiger partial charge in [-0.05, 0) is 31.9 Å². The van der Waals surface area contributed by atoms with E-state index >= 15 is 0 Å². The molecule has 0 spiro atoms. The zero-order chi connectivity index (χ0) is 15.9. The van der Waals surface area contributed by atoms with Gasteiger partial charge >= 0.3 is 0 Å². The largest absolute Gasteiger partial charge is 0.357 e. The lowest BCUT2D eigenvalue weighted by Gasteiger charge is -2.22. The Morgan fingerprint density at radius 1 is 1.30 bits per heavy atom. The van der Waals surface area contributed by atoms with Crippen LogP contribution in [0.2, 0.25) is 0 Å². The number of aryl methyl sites for hydroxylation is 2. The van der Waals surface area contributed by atoms with Crippen LogP contribution in [0.4, 0.5) is 0 Å². The average Bonchev–Trinajstić information content (AvgIpc) is 2.91. The summed E-state index contributed by atoms with van der Waals surface area (Å²) in [6.07, 6.45) is 0. The Kier molecular flexibility index (Phi) is 8.01. The Bertz CT molecular complexity index is 641. The van der Waals surface area contributed by atoms with Crippen LogP contribution in [-0.4, -0.2) is 34.6 Å². The van der Waals surface area contributed by atoms with Crippen LogP contribution in [0, 0.1) is 13.8 Å². The van der Waals surface area contributed by atoms with Gasteiger partial charge in [-0.15, -0.1) is 24.0 Å². The molecule has 0 atom stereocenters. The smallest absolute Gasteiger partial charge is 0.248 e. The van der Waals surface area contributed by atoms with Crippen LogP contribution in [0.1, 0.15) is 29.8 Å². The minimum atomic E-state index is 0. The van der Waals surface area contributed by atoms with E-state index in [2.05, 4.69) is 56.5 Å². The van der Waals surface area contributed by atoms with E-state index in [9.17, 15) is 0 Å². The molecule has 1 heterocycles. The van der Waals surface area contributed by atoms with Gasteiger partial charge < -0.3 is 14.7 Å². The predicted octanol–water partition coefficient (Wildman–Crippen LogP) is 2.90. The first-order valence-corrected chi connectivity index (χ1v) is 7.43. The number of guanidine groups is 1. The highest BCUT2D eigenvalue weighted by Crippen LogP contribution is 2.10. The van der Waals surface area contributed by atoms with Crippen LogP contribution in [0.5, 0.6) is 0 Å². The van der Waals surface area contributed by atoms with Crippen LogP contribution >= 0.6 is 24.0 Å². The predicted molar refractivity (Wildman–Crippen MR) is 102 cm³/mol. The van der Waals surface area contributed by atoms with Gasteiger partial charge in [0.15, 0.2) is 11.8 Å². The van der Waals surface area contributed by atoms with E-state index in [1.165, 1.54) is 11.1 Å². The van der Waals surface area contributed by atoms with Gasteiger partial charge in [0.25, 0.3) is 0 Å². The molecule has 7 heteroatoms. The van der Waals surface area contributed by atoms with Gasteiger partial charge in [0, 0.05) is 20.1 Å². The van der Waals surface area contributed by atoms with Gasteiger partial charge in [-0.25, -0.2) is 4.99 Å². The molecule has 0 fully saturated rings. The van der Waals surface area contributed by atoms with Crippen molar-refractivity contribution in [2.75, 3.05) is 13.6 Å². The molecule has 1 aromatic heterocycles. The topological polar surface area (TPSA) is 66.5 Å². The maximum atomic E-state index is 5.10. The van der Waals surface area contributed by atoms with Crippen molar-refractivity contribution in [3.63, 3.8) is 0 Å². The molecule has 2 aromatic rings. The lowest BCUT2D eigenvalue weighted by Crippen LogP contribution is -2.38. The van der Waals surface area contributed by atoms with E-state index in [-0.39, 0.29) is 24.0 Å². The number of nitrogens with one attached hydrogen (secondary N) is 1. The van der Waals surface area contributed by atoms with Gasteiger partial charge in [-0.1, -0.05) is 29.4 Å². The van der Waals surface area contributed by atoms with Crippen molar-refractivity contribution < 1.29 is 4.52 Å². The highest BCUT2D eigenvalue weighted by Gasteiger charge is 2.09. The second-order valence-electron chi connectivity index (χ2n) is 5.19. The Balaban J connectivity index is 0.00000264. The van der Waals surface area contributed by atoms with Crippen molar-refractivity contribution in [3.8, 4) is 0 Å². The number of aromatic nitrogens is 2. The van der Waals surface area contributed by atoms with Crippen LogP contribution < -0.4 is 5.32 Å². The third-order valence-electron chi connectivity index (χ3n) is 3.30. The van der Waals surface area contributed by atoms with Crippen LogP contribution in [0.15, 0.2) is 33.8 Å². The van der Waals surface area contributed by atoms with Gasteiger partial charge in [0.05, 0.1) is 0 Å². The van der Waals surface area contributed by atoms with Crippen molar-refractivity contribution in [3.05, 3.63) is 47.1 Å². The molecule has 0 amide bonds. The van der Waals surface area contributed by atoms with E-state index < -0.39 is 0 Å². The molecule has 1 aromatic carbocycles. The maximum absolute atomic E-state index is 5.10. The van der Waals surface area contributed by atoms with Crippen molar-refractivity contribution in [2.24, 2.45) is 4.99 Å². The first kappa shape index (κ1) is 19.4. The first-order chi connectivity index (χ1) is 10.6. The van der Waals surface area contributed by atoms with E-state index in [1.807, 2.05) is 14.0 Å². The van der Waals surface area contributed by atoms with Crippen molar-refractivity contribution in [1.29, 1.82) is 0 Å². The van der Waals surface area contributed by atoms with Gasteiger partial charge in [-0.2, -0.15) is 4.98 Å². The molecule has 0 unspecified atom stereocenters. The first-order valence-electron chi connectivity index (χ1n) is 7.43. The monoisotopic (exact) mass is 429 g/mol. The lowest BCUT2D eigenvalue weighted by molar-refractivity contribution is 0.375. The molecule has 0 aliphatic rings. The van der Waals surface area contributed by atoms with Crippen molar-refractivity contribution in [1.82, 2.24) is 20.4 Å². The number of aliphatic imine (C=N–C) groups is 1. The SMILES string of the molecule is CCNC(=NCc1nc(C)no1)N(C)Cc1ccccc1C.I. The fourth-order valence-corrected chi connectivity index (χ4v) is 2.13. The summed E-state index contributed by atoms with van der Waals surface area (Å²) in [6, 6.07) is 8.36. The normalized spacial score (nSPS) is 11.0. The zero-order valence-electron chi connectivity index (χ0n) is 14.0. The zero-order valence-corrected chi connectivity index (χ0v) is 16.4. The van der Waals surface area contributed by atoms with Crippen LogP contribution in [0.25, 0.3) is 0 Å². The second-order valence-corrected chi connectivity index (χ2v) is 5.19. The minimum absolute atomic E-state index is 0. The minimum Gasteiger partial charge on any atom is -0.357 e. The number of hydrogen-bond acceptors (Lipinski definition) is 4. The Hall–Kier alpha value is -1.64. The molecule has 23 heavy (non-hydrogen) atoms. The van der Waals surface area contributed by atoms with Gasteiger partial charge in [0.1, 0.15) is 6.54 Å². The highest BCUT2D eigenvalue weighted by molar-refractivity contribution is 14.0. The van der Waals surface area contributed by atoms with E-state index in [0.717, 1.165) is 19.0 Å². The third-order valence-corrected chi connectivity index (χ3v) is 3.30. The third kappa shape index (κ3) is 5.81. The molecular formula is C16H24IN5O. The number of nitrogens with zero attached hydrogens (tertiary/aromatic N) is 4. The summed E-state index contributed by atoms with van der Waals surface area (Å²) in [4.78, 5) is 10.8. The standard InChI is InChI=1S/C16H23N5O.HI/c1-5-17-16(18-10-15-19-13(3)20-22-15)21(4)11-14-9-7-6-8-12(14)2;/h6-9H,5,10-11H2,1-4H3,(H,17,18);1H. The van der Waals surface area contributed by atoms with E-state index in [1.54, 1.807) is 6.92 Å². The molecular weight excluding hydrogens is 405 g/mol. The molecule has 6 nitrogen and oxygen atoms in total. The highest BCUT2D eigenvalue weighted by atomic mass is 127. The lowest BCUT2D eigenvalue weighted by atomic mass is 10.1. The summed E-state index contributed by atoms with van der Waals surface area (Å²) >= 11 is 0. The summed E-state index contributed by atoms with van der Waals surface area (Å²) < 4.78 is 5.10. The molecule has 0 saturated heterocycles. The molecule has 0 bridgehead atoms. The Labute approximate surface area is 154 Å². The van der Waals surface area contributed by atoms with Gasteiger partial charge in [-0.3, -0.25) is 0 Å². The molecule has 1 N–H and O–H groups in total. The molecule has 2 rings (SSSR count). The van der Waals surface area contributed by atoms with Crippen LogP contribution in [0.3, 0.4) is 0 Å². The molecule has 0 aliphatic heterocycles. The van der Waals surface area contributed by atoms with Crippen LogP contribution in [-0.2, 0) is 13.1 Å². The van der Waals surface area contributed by atoms with Gasteiger partial charge in [0.2, 0.25) is 5.89 Å². The Morgan fingerprint density at radius 2 is 2.04 bits per heavy atom. The number of rotatable bonds is 5. The summed E-state index contributed by atoms with van der Waals surface area (Å²) in [6.45, 7) is 7.94. The molecule has 0 aliphatic carbocycles. The van der Waals surface area contributed by atoms with E-state index in [4.69, 9.17) is 4.52 Å². The maximum Gasteiger partial charge on any atom is 0.248 e. The average molecular weight is 429 g/mol. The summed E-state index contributed by atoms with van der Waals surface area (Å²) in [5, 5.41) is 7.06. The summed E-state index contributed by atoms with van der Waals surface area (Å²) in [7, 11) is 2.02. The Morgan fingerprint density at radius 3 is 2.65 bits per heavy atom.